The summed E-state index contributed by atoms with van der Waals surface area (Å²) in [7, 11) is 0. The molecule has 0 saturated carbocycles. The summed E-state index contributed by atoms with van der Waals surface area (Å²) in [6.07, 6.45) is 5.02. The Hall–Kier alpha value is -2.10. The average molecular weight is 284 g/mol. The maximum Gasteiger partial charge on any atom is 0.335 e. The zero-order valence-corrected chi connectivity index (χ0v) is 12.3. The first-order valence-corrected chi connectivity index (χ1v) is 7.55. The Morgan fingerprint density at radius 2 is 1.86 bits per heavy atom. The predicted molar refractivity (Wildman–Crippen MR) is 84.1 cm³/mol. The number of aromatic carboxylic acids is 1. The van der Waals surface area contributed by atoms with E-state index in [0.29, 0.717) is 5.56 Å². The van der Waals surface area contributed by atoms with Crippen molar-refractivity contribution >= 4 is 22.6 Å². The van der Waals surface area contributed by atoms with Gasteiger partial charge in [0, 0.05) is 29.9 Å². The van der Waals surface area contributed by atoms with Crippen LogP contribution in [0.5, 0.6) is 0 Å². The van der Waals surface area contributed by atoms with Gasteiger partial charge in [0.2, 0.25) is 0 Å². The van der Waals surface area contributed by atoms with Crippen LogP contribution in [0.2, 0.25) is 0 Å². The lowest BCUT2D eigenvalue weighted by Gasteiger charge is -2.24. The Kier molecular flexibility index (Phi) is 3.78. The molecule has 1 fully saturated rings. The van der Waals surface area contributed by atoms with Crippen LogP contribution in [0.4, 0.5) is 5.69 Å². The molecule has 1 aromatic heterocycles. The molecule has 1 saturated heterocycles. The van der Waals surface area contributed by atoms with Crippen molar-refractivity contribution in [2.24, 2.45) is 0 Å². The molecule has 1 aromatic carbocycles. The highest BCUT2D eigenvalue weighted by atomic mass is 16.4. The molecule has 3 rings (SSSR count). The number of hydrogen-bond donors (Lipinski definition) is 1. The Morgan fingerprint density at radius 1 is 1.14 bits per heavy atom. The maximum absolute atomic E-state index is 11.1. The summed E-state index contributed by atoms with van der Waals surface area (Å²) in [6, 6.07) is 7.36. The molecule has 1 aliphatic heterocycles. The molecule has 0 radical (unpaired) electrons. The van der Waals surface area contributed by atoms with Gasteiger partial charge < -0.3 is 10.0 Å². The number of pyridine rings is 1. The van der Waals surface area contributed by atoms with Crippen molar-refractivity contribution in [2.75, 3.05) is 18.0 Å². The predicted octanol–water partition coefficient (Wildman–Crippen LogP) is 3.62. The van der Waals surface area contributed by atoms with Crippen molar-refractivity contribution in [1.82, 2.24) is 4.98 Å². The van der Waals surface area contributed by atoms with Gasteiger partial charge in [-0.15, -0.1) is 0 Å². The van der Waals surface area contributed by atoms with Gasteiger partial charge in [0.05, 0.1) is 11.1 Å². The number of carboxylic acids is 1. The monoisotopic (exact) mass is 284 g/mol. The van der Waals surface area contributed by atoms with E-state index in [1.807, 2.05) is 13.0 Å². The summed E-state index contributed by atoms with van der Waals surface area (Å²) in [4.78, 5) is 18.1. The number of carboxylic acid groups (broad SMARTS) is 1. The van der Waals surface area contributed by atoms with Crippen molar-refractivity contribution < 1.29 is 9.90 Å². The van der Waals surface area contributed by atoms with Crippen molar-refractivity contribution in [1.29, 1.82) is 0 Å². The highest BCUT2D eigenvalue weighted by Gasteiger charge is 2.15. The van der Waals surface area contributed by atoms with Crippen LogP contribution in [-0.2, 0) is 0 Å². The fourth-order valence-electron chi connectivity index (χ4n) is 3.04. The average Bonchev–Trinajstić information content (AvgIpc) is 2.74. The number of hydrogen-bond acceptors (Lipinski definition) is 3. The van der Waals surface area contributed by atoms with Crippen LogP contribution in [0.25, 0.3) is 10.9 Å². The van der Waals surface area contributed by atoms with Gasteiger partial charge in [-0.3, -0.25) is 4.98 Å². The minimum atomic E-state index is -0.906. The van der Waals surface area contributed by atoms with E-state index in [1.165, 1.54) is 31.4 Å². The quantitative estimate of drug-likeness (QED) is 0.915. The third-order valence-electron chi connectivity index (χ3n) is 4.11. The molecule has 110 valence electrons. The largest absolute Gasteiger partial charge is 0.478 e. The molecule has 0 atom stereocenters. The van der Waals surface area contributed by atoms with Gasteiger partial charge in [-0.2, -0.15) is 0 Å². The third kappa shape index (κ3) is 2.84. The molecule has 1 aliphatic rings. The van der Waals surface area contributed by atoms with Crippen LogP contribution in [0.15, 0.2) is 24.3 Å². The first-order valence-electron chi connectivity index (χ1n) is 7.55. The Bertz CT molecular complexity index is 674. The minimum Gasteiger partial charge on any atom is -0.478 e. The second-order valence-electron chi connectivity index (χ2n) is 5.72. The van der Waals surface area contributed by atoms with E-state index in [1.54, 1.807) is 12.1 Å². The standard InChI is InChI=1S/C17H20N2O2/c1-12-10-16(19-8-4-2-3-5-9-19)14-7-6-13(17(20)21)11-15(14)18-12/h6-7,10-11H,2-5,8-9H2,1H3,(H,20,21). The van der Waals surface area contributed by atoms with Gasteiger partial charge in [-0.05, 0) is 44.0 Å². The summed E-state index contributed by atoms with van der Waals surface area (Å²) < 4.78 is 0. The summed E-state index contributed by atoms with van der Waals surface area (Å²) in [5, 5.41) is 10.2. The van der Waals surface area contributed by atoms with Gasteiger partial charge >= 0.3 is 5.97 Å². The number of nitrogens with zero attached hydrogens (tertiary/aromatic N) is 2. The zero-order chi connectivity index (χ0) is 14.8. The highest BCUT2D eigenvalue weighted by Crippen LogP contribution is 2.29. The summed E-state index contributed by atoms with van der Waals surface area (Å²) in [5.41, 5.74) is 3.19. The molecule has 0 amide bonds. The number of aromatic nitrogens is 1. The molecule has 0 unspecified atom stereocenters. The summed E-state index contributed by atoms with van der Waals surface area (Å²) in [6.45, 7) is 4.10. The number of anilines is 1. The lowest BCUT2D eigenvalue weighted by Crippen LogP contribution is -2.24. The highest BCUT2D eigenvalue weighted by molar-refractivity contribution is 5.97. The van der Waals surface area contributed by atoms with Crippen LogP contribution in [0, 0.1) is 6.92 Å². The Balaban J connectivity index is 2.10. The van der Waals surface area contributed by atoms with Gasteiger partial charge in [0.25, 0.3) is 0 Å². The van der Waals surface area contributed by atoms with E-state index >= 15 is 0 Å². The minimum absolute atomic E-state index is 0.294. The molecular formula is C17H20N2O2. The van der Waals surface area contributed by atoms with Crippen LogP contribution < -0.4 is 4.90 Å². The number of benzene rings is 1. The van der Waals surface area contributed by atoms with Crippen LogP contribution in [0.3, 0.4) is 0 Å². The second-order valence-corrected chi connectivity index (χ2v) is 5.72. The maximum atomic E-state index is 11.1. The Labute approximate surface area is 124 Å². The number of aryl methyl sites for hydroxylation is 1. The fraction of sp³-hybridized carbons (Fsp3) is 0.412. The van der Waals surface area contributed by atoms with Gasteiger partial charge in [-0.25, -0.2) is 4.79 Å². The summed E-state index contributed by atoms with van der Waals surface area (Å²) in [5.74, 6) is -0.906. The van der Waals surface area contributed by atoms with E-state index in [0.717, 1.165) is 29.7 Å². The zero-order valence-electron chi connectivity index (χ0n) is 12.3. The first-order chi connectivity index (χ1) is 10.1. The van der Waals surface area contributed by atoms with Crippen LogP contribution in [-0.4, -0.2) is 29.1 Å². The van der Waals surface area contributed by atoms with Crippen molar-refractivity contribution in [3.05, 3.63) is 35.5 Å². The fourth-order valence-corrected chi connectivity index (χ4v) is 3.04. The second kappa shape index (κ2) is 5.72. The number of rotatable bonds is 2. The van der Waals surface area contributed by atoms with E-state index in [4.69, 9.17) is 5.11 Å². The molecule has 0 bridgehead atoms. The molecule has 1 N–H and O–H groups in total. The van der Waals surface area contributed by atoms with Crippen LogP contribution >= 0.6 is 0 Å². The van der Waals surface area contributed by atoms with E-state index < -0.39 is 5.97 Å². The molecule has 2 heterocycles. The number of carbonyl (C=O) groups is 1. The van der Waals surface area contributed by atoms with Gasteiger partial charge in [-0.1, -0.05) is 12.8 Å². The first kappa shape index (κ1) is 13.9. The summed E-state index contributed by atoms with van der Waals surface area (Å²) >= 11 is 0. The molecule has 0 aliphatic carbocycles. The molecule has 2 aromatic rings. The lowest BCUT2D eigenvalue weighted by atomic mass is 10.1. The van der Waals surface area contributed by atoms with Crippen molar-refractivity contribution in [3.63, 3.8) is 0 Å². The van der Waals surface area contributed by atoms with E-state index in [-0.39, 0.29) is 0 Å². The van der Waals surface area contributed by atoms with Crippen molar-refractivity contribution in [2.45, 2.75) is 32.6 Å². The van der Waals surface area contributed by atoms with Crippen LogP contribution in [0.1, 0.15) is 41.7 Å². The van der Waals surface area contributed by atoms with E-state index in [2.05, 4.69) is 16.0 Å². The van der Waals surface area contributed by atoms with Gasteiger partial charge in [0.1, 0.15) is 0 Å². The van der Waals surface area contributed by atoms with Gasteiger partial charge in [0.15, 0.2) is 0 Å². The molecule has 4 heteroatoms. The molecule has 4 nitrogen and oxygen atoms in total. The molecule has 0 spiro atoms. The molecular weight excluding hydrogens is 264 g/mol. The topological polar surface area (TPSA) is 53.4 Å². The Morgan fingerprint density at radius 3 is 2.52 bits per heavy atom. The third-order valence-corrected chi connectivity index (χ3v) is 4.11. The number of fused-ring (bicyclic) bond motifs is 1. The SMILES string of the molecule is Cc1cc(N2CCCCCC2)c2ccc(C(=O)O)cc2n1. The smallest absolute Gasteiger partial charge is 0.335 e. The normalized spacial score (nSPS) is 16.0. The molecule has 21 heavy (non-hydrogen) atoms. The lowest BCUT2D eigenvalue weighted by molar-refractivity contribution is 0.0697. The van der Waals surface area contributed by atoms with E-state index in [9.17, 15) is 4.79 Å². The van der Waals surface area contributed by atoms with Crippen molar-refractivity contribution in [3.8, 4) is 0 Å².